The molecule has 17 heavy (non-hydrogen) atoms. The highest BCUT2D eigenvalue weighted by molar-refractivity contribution is 14.1. The van der Waals surface area contributed by atoms with Crippen molar-refractivity contribution in [3.63, 3.8) is 0 Å². The SMILES string of the molecule is COc1ccc(Br)cc1CNCCCCCI. The van der Waals surface area contributed by atoms with Crippen LogP contribution in [0.25, 0.3) is 0 Å². The van der Waals surface area contributed by atoms with E-state index in [9.17, 15) is 0 Å². The summed E-state index contributed by atoms with van der Waals surface area (Å²) < 4.78 is 7.69. The Labute approximate surface area is 126 Å². The third kappa shape index (κ3) is 6.06. The van der Waals surface area contributed by atoms with E-state index in [2.05, 4.69) is 49.9 Å². The Bertz CT molecular complexity index is 333. The fourth-order valence-electron chi connectivity index (χ4n) is 1.63. The quantitative estimate of drug-likeness (QED) is 0.394. The second-order valence-corrected chi connectivity index (χ2v) is 5.88. The van der Waals surface area contributed by atoms with Crippen LogP contribution in [0.3, 0.4) is 0 Å². The van der Waals surface area contributed by atoms with Gasteiger partial charge in [-0.15, -0.1) is 0 Å². The van der Waals surface area contributed by atoms with E-state index in [4.69, 9.17) is 4.74 Å². The van der Waals surface area contributed by atoms with Crippen molar-refractivity contribution in [1.82, 2.24) is 5.32 Å². The van der Waals surface area contributed by atoms with Gasteiger partial charge in [0.1, 0.15) is 5.75 Å². The van der Waals surface area contributed by atoms with Gasteiger partial charge in [0.25, 0.3) is 0 Å². The lowest BCUT2D eigenvalue weighted by molar-refractivity contribution is 0.407. The Morgan fingerprint density at radius 3 is 2.82 bits per heavy atom. The number of unbranched alkanes of at least 4 members (excludes halogenated alkanes) is 2. The molecule has 0 fully saturated rings. The average Bonchev–Trinajstić information content (AvgIpc) is 2.34. The van der Waals surface area contributed by atoms with E-state index in [1.807, 2.05) is 12.1 Å². The van der Waals surface area contributed by atoms with E-state index in [0.717, 1.165) is 23.3 Å². The van der Waals surface area contributed by atoms with E-state index in [1.165, 1.54) is 29.3 Å². The molecule has 0 amide bonds. The second-order valence-electron chi connectivity index (χ2n) is 3.88. The standard InChI is InChI=1S/C13H19BrINO/c1-17-13-6-5-12(14)9-11(13)10-16-8-4-2-3-7-15/h5-6,9,16H,2-4,7-8,10H2,1H3. The number of halogens is 2. The molecule has 1 rings (SSSR count). The van der Waals surface area contributed by atoms with Crippen molar-refractivity contribution in [2.24, 2.45) is 0 Å². The first kappa shape index (κ1) is 15.2. The van der Waals surface area contributed by atoms with Crippen molar-refractivity contribution in [3.8, 4) is 5.75 Å². The van der Waals surface area contributed by atoms with Gasteiger partial charge >= 0.3 is 0 Å². The fraction of sp³-hybridized carbons (Fsp3) is 0.538. The van der Waals surface area contributed by atoms with Crippen molar-refractivity contribution in [2.45, 2.75) is 25.8 Å². The number of alkyl halides is 1. The number of hydrogen-bond donors (Lipinski definition) is 1. The molecule has 1 N–H and O–H groups in total. The molecule has 0 aromatic heterocycles. The predicted molar refractivity (Wildman–Crippen MR) is 85.1 cm³/mol. The van der Waals surface area contributed by atoms with Crippen LogP contribution >= 0.6 is 38.5 Å². The minimum atomic E-state index is 0.868. The zero-order chi connectivity index (χ0) is 12.5. The third-order valence-corrected chi connectivity index (χ3v) is 3.80. The van der Waals surface area contributed by atoms with Crippen LogP contribution in [0, 0.1) is 0 Å². The summed E-state index contributed by atoms with van der Waals surface area (Å²) in [5, 5.41) is 3.46. The van der Waals surface area contributed by atoms with Crippen molar-refractivity contribution < 1.29 is 4.74 Å². The predicted octanol–water partition coefficient (Wildman–Crippen LogP) is 4.15. The van der Waals surface area contributed by atoms with Gasteiger partial charge in [0.05, 0.1) is 7.11 Å². The highest BCUT2D eigenvalue weighted by Crippen LogP contribution is 2.22. The van der Waals surface area contributed by atoms with E-state index in [-0.39, 0.29) is 0 Å². The summed E-state index contributed by atoms with van der Waals surface area (Å²) >= 11 is 5.91. The van der Waals surface area contributed by atoms with E-state index in [1.54, 1.807) is 7.11 Å². The van der Waals surface area contributed by atoms with Gasteiger partial charge in [0, 0.05) is 16.6 Å². The first-order valence-electron chi connectivity index (χ1n) is 5.87. The molecule has 0 aliphatic carbocycles. The number of hydrogen-bond acceptors (Lipinski definition) is 2. The molecule has 0 aliphatic heterocycles. The number of nitrogens with one attached hydrogen (secondary N) is 1. The van der Waals surface area contributed by atoms with Crippen molar-refractivity contribution in [1.29, 1.82) is 0 Å². The molecule has 1 aromatic carbocycles. The highest BCUT2D eigenvalue weighted by Gasteiger charge is 2.02. The topological polar surface area (TPSA) is 21.3 Å². The van der Waals surface area contributed by atoms with Crippen molar-refractivity contribution in [3.05, 3.63) is 28.2 Å². The summed E-state index contributed by atoms with van der Waals surface area (Å²) in [7, 11) is 1.72. The molecule has 0 bridgehead atoms. The van der Waals surface area contributed by atoms with Crippen LogP contribution in [0.4, 0.5) is 0 Å². The molecule has 0 spiro atoms. The molecule has 0 aliphatic rings. The Balaban J connectivity index is 2.32. The van der Waals surface area contributed by atoms with Gasteiger partial charge in [-0.2, -0.15) is 0 Å². The van der Waals surface area contributed by atoms with Gasteiger partial charge in [-0.05, 0) is 42.0 Å². The first-order chi connectivity index (χ1) is 8.27. The van der Waals surface area contributed by atoms with Gasteiger partial charge < -0.3 is 10.1 Å². The first-order valence-corrected chi connectivity index (χ1v) is 8.19. The number of methoxy groups -OCH3 is 1. The van der Waals surface area contributed by atoms with Crippen molar-refractivity contribution in [2.75, 3.05) is 18.1 Å². The molecule has 96 valence electrons. The maximum absolute atomic E-state index is 5.33. The molecule has 0 saturated carbocycles. The Hall–Kier alpha value is 0.190. The summed E-state index contributed by atoms with van der Waals surface area (Å²) in [6.45, 7) is 1.94. The smallest absolute Gasteiger partial charge is 0.123 e. The molecule has 0 saturated heterocycles. The molecular formula is C13H19BrINO. The number of benzene rings is 1. The fourth-order valence-corrected chi connectivity index (χ4v) is 2.58. The minimum absolute atomic E-state index is 0.868. The Morgan fingerprint density at radius 1 is 1.29 bits per heavy atom. The summed E-state index contributed by atoms with van der Waals surface area (Å²) in [5.74, 6) is 0.952. The molecule has 0 radical (unpaired) electrons. The lowest BCUT2D eigenvalue weighted by Crippen LogP contribution is -2.15. The third-order valence-electron chi connectivity index (χ3n) is 2.55. The van der Waals surface area contributed by atoms with Gasteiger partial charge in [-0.25, -0.2) is 0 Å². The number of ether oxygens (including phenoxy) is 1. The summed E-state index contributed by atoms with van der Waals surface area (Å²) in [5.41, 5.74) is 1.20. The van der Waals surface area contributed by atoms with Crippen LogP contribution < -0.4 is 10.1 Å². The molecule has 1 aromatic rings. The maximum Gasteiger partial charge on any atom is 0.123 e. The second kappa shape index (κ2) is 9.16. The van der Waals surface area contributed by atoms with Crippen LogP contribution in [-0.2, 0) is 6.54 Å². The van der Waals surface area contributed by atoms with Gasteiger partial charge in [-0.1, -0.05) is 44.9 Å². The lowest BCUT2D eigenvalue weighted by Gasteiger charge is -2.10. The lowest BCUT2D eigenvalue weighted by atomic mass is 10.2. The molecular weight excluding hydrogens is 393 g/mol. The largest absolute Gasteiger partial charge is 0.496 e. The van der Waals surface area contributed by atoms with Crippen LogP contribution in [-0.4, -0.2) is 18.1 Å². The zero-order valence-corrected chi connectivity index (χ0v) is 13.9. The average molecular weight is 412 g/mol. The molecule has 4 heteroatoms. The molecule has 0 atom stereocenters. The monoisotopic (exact) mass is 411 g/mol. The van der Waals surface area contributed by atoms with Gasteiger partial charge in [0.2, 0.25) is 0 Å². The van der Waals surface area contributed by atoms with Crippen molar-refractivity contribution >= 4 is 38.5 Å². The van der Waals surface area contributed by atoms with Crippen LogP contribution in [0.1, 0.15) is 24.8 Å². The minimum Gasteiger partial charge on any atom is -0.496 e. The van der Waals surface area contributed by atoms with Crippen LogP contribution in [0.2, 0.25) is 0 Å². The van der Waals surface area contributed by atoms with E-state index >= 15 is 0 Å². The van der Waals surface area contributed by atoms with Gasteiger partial charge in [-0.3, -0.25) is 0 Å². The van der Waals surface area contributed by atoms with E-state index < -0.39 is 0 Å². The van der Waals surface area contributed by atoms with Gasteiger partial charge in [0.15, 0.2) is 0 Å². The number of rotatable bonds is 8. The summed E-state index contributed by atoms with van der Waals surface area (Å²) in [4.78, 5) is 0. The van der Waals surface area contributed by atoms with Crippen LogP contribution in [0.15, 0.2) is 22.7 Å². The highest BCUT2D eigenvalue weighted by atomic mass is 127. The molecule has 0 heterocycles. The van der Waals surface area contributed by atoms with Crippen LogP contribution in [0.5, 0.6) is 5.75 Å². The Morgan fingerprint density at radius 2 is 2.12 bits per heavy atom. The van der Waals surface area contributed by atoms with E-state index in [0.29, 0.717) is 0 Å². The molecule has 0 unspecified atom stereocenters. The molecule has 2 nitrogen and oxygen atoms in total. The maximum atomic E-state index is 5.33. The normalized spacial score (nSPS) is 10.5. The summed E-state index contributed by atoms with van der Waals surface area (Å²) in [6.07, 6.45) is 3.88. The summed E-state index contributed by atoms with van der Waals surface area (Å²) in [6, 6.07) is 6.11. The Kier molecular flexibility index (Phi) is 8.22. The zero-order valence-electron chi connectivity index (χ0n) is 10.1.